The second-order valence-corrected chi connectivity index (χ2v) is 5.62. The van der Waals surface area contributed by atoms with Gasteiger partial charge in [0.1, 0.15) is 11.6 Å². The second kappa shape index (κ2) is 7.28. The number of aromatic amines is 1. The molecule has 7 nitrogen and oxygen atoms in total. The molecular weight excluding hydrogens is 364 g/mol. The Labute approximate surface area is 141 Å². The lowest BCUT2D eigenvalue weighted by Gasteiger charge is -2.16. The van der Waals surface area contributed by atoms with Crippen LogP contribution in [-0.2, 0) is 7.05 Å². The molecule has 0 bridgehead atoms. The largest absolute Gasteiger partial charge is 0.496 e. The van der Waals surface area contributed by atoms with Gasteiger partial charge in [0.2, 0.25) is 0 Å². The molecule has 1 heterocycles. The number of halogens is 1. The Balaban J connectivity index is 2.38. The second-order valence-electron chi connectivity index (χ2n) is 4.70. The summed E-state index contributed by atoms with van der Waals surface area (Å²) in [4.78, 5) is 26.1. The number of hydrogen-bond acceptors (Lipinski definition) is 5. The van der Waals surface area contributed by atoms with Crippen LogP contribution in [0.4, 0.5) is 5.82 Å². The maximum Gasteiger partial charge on any atom is 0.329 e. The number of hydrogen-bond donors (Lipinski definition) is 1. The van der Waals surface area contributed by atoms with E-state index in [1.165, 1.54) is 18.1 Å². The first kappa shape index (κ1) is 17.0. The van der Waals surface area contributed by atoms with E-state index in [-0.39, 0.29) is 0 Å². The molecule has 0 unspecified atom stereocenters. The molecule has 0 aliphatic rings. The summed E-state index contributed by atoms with van der Waals surface area (Å²) in [5, 5.41) is 5.86. The van der Waals surface area contributed by atoms with Crippen LogP contribution < -0.4 is 21.0 Å². The van der Waals surface area contributed by atoms with E-state index in [0.29, 0.717) is 18.1 Å². The number of benzene rings is 1. The summed E-state index contributed by atoms with van der Waals surface area (Å²) in [6, 6.07) is 6.89. The van der Waals surface area contributed by atoms with Gasteiger partial charge in [-0.1, -0.05) is 15.9 Å². The van der Waals surface area contributed by atoms with E-state index < -0.39 is 11.2 Å². The first-order valence-electron chi connectivity index (χ1n) is 6.91. The Morgan fingerprint density at radius 3 is 2.74 bits per heavy atom. The Hall–Kier alpha value is -2.35. The number of hydrazone groups is 1. The van der Waals surface area contributed by atoms with Crippen LogP contribution >= 0.6 is 15.9 Å². The van der Waals surface area contributed by atoms with Crippen molar-refractivity contribution in [3.8, 4) is 5.75 Å². The lowest BCUT2D eigenvalue weighted by atomic mass is 10.2. The fourth-order valence-electron chi connectivity index (χ4n) is 1.93. The minimum absolute atomic E-state index is 0.339. The topological polar surface area (TPSA) is 79.7 Å². The minimum Gasteiger partial charge on any atom is -0.496 e. The van der Waals surface area contributed by atoms with Gasteiger partial charge >= 0.3 is 5.69 Å². The summed E-state index contributed by atoms with van der Waals surface area (Å²) in [6.45, 7) is 2.35. The van der Waals surface area contributed by atoms with Crippen LogP contribution in [0.5, 0.6) is 5.75 Å². The molecule has 0 saturated carbocycles. The zero-order chi connectivity index (χ0) is 17.0. The molecule has 1 aromatic carbocycles. The quantitative estimate of drug-likeness (QED) is 0.632. The van der Waals surface area contributed by atoms with Gasteiger partial charge in [-0.2, -0.15) is 5.10 Å². The van der Waals surface area contributed by atoms with E-state index in [0.717, 1.165) is 14.6 Å². The molecule has 23 heavy (non-hydrogen) atoms. The van der Waals surface area contributed by atoms with Crippen LogP contribution in [0.15, 0.2) is 43.4 Å². The van der Waals surface area contributed by atoms with Gasteiger partial charge < -0.3 is 4.74 Å². The van der Waals surface area contributed by atoms with Gasteiger partial charge in [-0.15, -0.1) is 0 Å². The highest BCUT2D eigenvalue weighted by Gasteiger charge is 2.08. The van der Waals surface area contributed by atoms with Crippen molar-refractivity contribution in [2.75, 3.05) is 18.7 Å². The van der Waals surface area contributed by atoms with Crippen molar-refractivity contribution in [1.82, 2.24) is 9.55 Å². The molecule has 0 spiro atoms. The zero-order valence-electron chi connectivity index (χ0n) is 13.0. The molecule has 1 N–H and O–H groups in total. The lowest BCUT2D eigenvalue weighted by molar-refractivity contribution is 0.414. The molecule has 0 radical (unpaired) electrons. The first-order valence-corrected chi connectivity index (χ1v) is 7.71. The number of methoxy groups -OCH3 is 1. The molecule has 0 aliphatic heterocycles. The smallest absolute Gasteiger partial charge is 0.329 e. The summed E-state index contributed by atoms with van der Waals surface area (Å²) in [7, 11) is 2.99. The van der Waals surface area contributed by atoms with Gasteiger partial charge in [-0.25, -0.2) is 9.80 Å². The first-order chi connectivity index (χ1) is 11.0. The number of rotatable bonds is 5. The average Bonchev–Trinajstić information content (AvgIpc) is 2.53. The van der Waals surface area contributed by atoms with E-state index in [2.05, 4.69) is 26.0 Å². The van der Waals surface area contributed by atoms with Gasteiger partial charge in [-0.3, -0.25) is 14.3 Å². The molecule has 1 aromatic heterocycles. The summed E-state index contributed by atoms with van der Waals surface area (Å²) >= 11 is 3.40. The Kier molecular flexibility index (Phi) is 5.38. The van der Waals surface area contributed by atoms with Crippen molar-refractivity contribution in [2.45, 2.75) is 6.92 Å². The van der Waals surface area contributed by atoms with E-state index in [9.17, 15) is 9.59 Å². The fraction of sp³-hybridized carbons (Fsp3) is 0.267. The van der Waals surface area contributed by atoms with Crippen molar-refractivity contribution < 1.29 is 4.74 Å². The number of H-pyrrole nitrogens is 1. The molecule has 0 aliphatic carbocycles. The van der Waals surface area contributed by atoms with E-state index in [4.69, 9.17) is 4.74 Å². The highest BCUT2D eigenvalue weighted by Crippen LogP contribution is 2.21. The average molecular weight is 381 g/mol. The van der Waals surface area contributed by atoms with Gasteiger partial charge in [0.25, 0.3) is 5.56 Å². The van der Waals surface area contributed by atoms with Gasteiger partial charge in [0.15, 0.2) is 0 Å². The molecule has 0 amide bonds. The number of ether oxygens (including phenoxy) is 1. The van der Waals surface area contributed by atoms with E-state index in [1.807, 2.05) is 25.1 Å². The van der Waals surface area contributed by atoms with Crippen LogP contribution in [0.1, 0.15) is 12.5 Å². The maximum absolute atomic E-state index is 11.7. The number of aromatic nitrogens is 2. The van der Waals surface area contributed by atoms with Gasteiger partial charge in [0.05, 0.1) is 13.3 Å². The highest BCUT2D eigenvalue weighted by atomic mass is 79.9. The third kappa shape index (κ3) is 3.89. The SMILES string of the molecule is CCN(/N=C\c1cc(Br)ccc1OC)c1cc(=O)n(C)c(=O)[nH]1. The Morgan fingerprint density at radius 1 is 1.39 bits per heavy atom. The van der Waals surface area contributed by atoms with Crippen molar-refractivity contribution in [1.29, 1.82) is 0 Å². The molecule has 2 aromatic rings. The van der Waals surface area contributed by atoms with Crippen molar-refractivity contribution >= 4 is 28.0 Å². The van der Waals surface area contributed by atoms with E-state index >= 15 is 0 Å². The Morgan fingerprint density at radius 2 is 2.13 bits per heavy atom. The van der Waals surface area contributed by atoms with Crippen LogP contribution in [-0.4, -0.2) is 29.4 Å². The Bertz CT molecular complexity index is 810. The molecule has 2 rings (SSSR count). The van der Waals surface area contributed by atoms with Gasteiger partial charge in [-0.05, 0) is 25.1 Å². The predicted octanol–water partition coefficient (Wildman–Crippen LogP) is 1.71. The normalized spacial score (nSPS) is 11.0. The van der Waals surface area contributed by atoms with Crippen molar-refractivity contribution in [3.05, 3.63) is 55.1 Å². The van der Waals surface area contributed by atoms with Crippen LogP contribution in [0.25, 0.3) is 0 Å². The summed E-state index contributed by atoms with van der Waals surface area (Å²) < 4.78 is 7.18. The summed E-state index contributed by atoms with van der Waals surface area (Å²) in [5.74, 6) is 1.01. The standard InChI is InChI=1S/C15H17BrN4O3/c1-4-20(13-8-14(21)19(2)15(22)18-13)17-9-10-7-11(16)5-6-12(10)23-3/h5-9H,4H2,1-3H3,(H,18,22)/b17-9-. The van der Waals surface area contributed by atoms with Crippen LogP contribution in [0.2, 0.25) is 0 Å². The number of anilines is 1. The van der Waals surface area contributed by atoms with Crippen molar-refractivity contribution in [3.63, 3.8) is 0 Å². The summed E-state index contributed by atoms with van der Waals surface area (Å²) in [6.07, 6.45) is 1.61. The predicted molar refractivity (Wildman–Crippen MR) is 93.6 cm³/mol. The molecule has 0 saturated heterocycles. The highest BCUT2D eigenvalue weighted by molar-refractivity contribution is 9.10. The molecular formula is C15H17BrN4O3. The van der Waals surface area contributed by atoms with E-state index in [1.54, 1.807) is 13.3 Å². The third-order valence-corrected chi connectivity index (χ3v) is 3.73. The lowest BCUT2D eigenvalue weighted by Crippen LogP contribution is -2.34. The van der Waals surface area contributed by atoms with Gasteiger partial charge in [0, 0.05) is 29.7 Å². The molecule has 0 atom stereocenters. The molecule has 122 valence electrons. The number of nitrogens with zero attached hydrogens (tertiary/aromatic N) is 3. The monoisotopic (exact) mass is 380 g/mol. The van der Waals surface area contributed by atoms with Crippen molar-refractivity contribution in [2.24, 2.45) is 12.1 Å². The molecule has 0 fully saturated rings. The molecule has 8 heteroatoms. The van der Waals surface area contributed by atoms with Crippen LogP contribution in [0, 0.1) is 0 Å². The van der Waals surface area contributed by atoms with Crippen LogP contribution in [0.3, 0.4) is 0 Å². The summed E-state index contributed by atoms with van der Waals surface area (Å²) in [5.41, 5.74) is -0.106. The zero-order valence-corrected chi connectivity index (χ0v) is 14.6. The fourth-order valence-corrected chi connectivity index (χ4v) is 2.31. The number of nitrogens with one attached hydrogen (secondary N) is 1. The minimum atomic E-state index is -0.485. The third-order valence-electron chi connectivity index (χ3n) is 3.24. The maximum atomic E-state index is 11.7.